The first-order chi connectivity index (χ1) is 9.65. The fraction of sp³-hybridized carbons (Fsp3) is 0.286. The number of carbonyl (C=O) groups excluding carboxylic acids is 1. The average Bonchev–Trinajstić information content (AvgIpc) is 3.02. The summed E-state index contributed by atoms with van der Waals surface area (Å²) in [4.78, 5) is 18.2. The number of nitrogens with zero attached hydrogens (tertiary/aromatic N) is 1. The number of aliphatic hydroxyl groups excluding tert-OH is 1. The summed E-state index contributed by atoms with van der Waals surface area (Å²) in [6.45, 7) is 3.81. The van der Waals surface area contributed by atoms with Crippen molar-refractivity contribution in [3.63, 3.8) is 0 Å². The molecule has 6 heteroatoms. The molecule has 2 heterocycles. The van der Waals surface area contributed by atoms with E-state index in [1.54, 1.807) is 11.4 Å². The Kier molecular flexibility index (Phi) is 4.90. The van der Waals surface area contributed by atoms with Crippen LogP contribution in [0, 0.1) is 18.8 Å². The van der Waals surface area contributed by atoms with Gasteiger partial charge >= 0.3 is 0 Å². The van der Waals surface area contributed by atoms with Crippen LogP contribution in [-0.2, 0) is 6.42 Å². The minimum Gasteiger partial charge on any atom is -0.384 e. The SMILES string of the molecule is CCc1nc(NC(=O)c2sccc2C#CCO)sc1C. The number of thiophene rings is 1. The van der Waals surface area contributed by atoms with Gasteiger partial charge in [-0.25, -0.2) is 4.98 Å². The first-order valence-electron chi connectivity index (χ1n) is 6.10. The number of hydrogen-bond acceptors (Lipinski definition) is 5. The van der Waals surface area contributed by atoms with Gasteiger partial charge < -0.3 is 5.11 Å². The number of thiazole rings is 1. The maximum Gasteiger partial charge on any atom is 0.268 e. The molecule has 0 radical (unpaired) electrons. The first kappa shape index (κ1) is 14.7. The highest BCUT2D eigenvalue weighted by atomic mass is 32.1. The Balaban J connectivity index is 2.17. The quantitative estimate of drug-likeness (QED) is 0.857. The number of hydrogen-bond donors (Lipinski definition) is 2. The Morgan fingerprint density at radius 1 is 1.55 bits per heavy atom. The number of nitrogens with one attached hydrogen (secondary N) is 1. The highest BCUT2D eigenvalue weighted by Gasteiger charge is 2.15. The summed E-state index contributed by atoms with van der Waals surface area (Å²) in [5, 5.41) is 13.9. The van der Waals surface area contributed by atoms with Gasteiger partial charge in [-0.15, -0.1) is 22.7 Å². The van der Waals surface area contributed by atoms with Gasteiger partial charge in [-0.1, -0.05) is 18.8 Å². The lowest BCUT2D eigenvalue weighted by Crippen LogP contribution is -2.11. The Morgan fingerprint density at radius 3 is 3.00 bits per heavy atom. The molecule has 1 amide bonds. The zero-order valence-electron chi connectivity index (χ0n) is 11.2. The molecular weight excluding hydrogens is 292 g/mol. The van der Waals surface area contributed by atoms with E-state index in [4.69, 9.17) is 5.11 Å². The second kappa shape index (κ2) is 6.66. The molecule has 2 N–H and O–H groups in total. The summed E-state index contributed by atoms with van der Waals surface area (Å²) in [5.74, 6) is 5.11. The van der Waals surface area contributed by atoms with Gasteiger partial charge in [-0.3, -0.25) is 10.1 Å². The van der Waals surface area contributed by atoms with Gasteiger partial charge in [-0.2, -0.15) is 0 Å². The highest BCUT2D eigenvalue weighted by molar-refractivity contribution is 7.16. The fourth-order valence-electron chi connectivity index (χ4n) is 1.68. The maximum atomic E-state index is 12.2. The lowest BCUT2D eigenvalue weighted by molar-refractivity contribution is 0.103. The average molecular weight is 306 g/mol. The number of rotatable bonds is 3. The summed E-state index contributed by atoms with van der Waals surface area (Å²) in [6, 6.07) is 1.77. The molecule has 0 saturated carbocycles. The van der Waals surface area contributed by atoms with E-state index in [9.17, 15) is 4.79 Å². The maximum absolute atomic E-state index is 12.2. The fourth-order valence-corrected chi connectivity index (χ4v) is 3.32. The first-order valence-corrected chi connectivity index (χ1v) is 7.80. The van der Waals surface area contributed by atoms with Gasteiger partial charge in [0, 0.05) is 10.4 Å². The van der Waals surface area contributed by atoms with Gasteiger partial charge in [0.25, 0.3) is 5.91 Å². The molecule has 0 aromatic carbocycles. The molecule has 0 aliphatic rings. The van der Waals surface area contributed by atoms with Crippen molar-refractivity contribution in [2.75, 3.05) is 11.9 Å². The molecule has 104 valence electrons. The number of aryl methyl sites for hydroxylation is 2. The van der Waals surface area contributed by atoms with E-state index < -0.39 is 0 Å². The van der Waals surface area contributed by atoms with E-state index >= 15 is 0 Å². The lowest BCUT2D eigenvalue weighted by atomic mass is 10.2. The van der Waals surface area contributed by atoms with Crippen LogP contribution in [-0.4, -0.2) is 22.6 Å². The van der Waals surface area contributed by atoms with Crippen LogP contribution >= 0.6 is 22.7 Å². The molecule has 0 bridgehead atoms. The summed E-state index contributed by atoms with van der Waals surface area (Å²) in [5.41, 5.74) is 1.64. The van der Waals surface area contributed by atoms with Crippen molar-refractivity contribution in [3.05, 3.63) is 32.5 Å². The van der Waals surface area contributed by atoms with Gasteiger partial charge in [0.1, 0.15) is 11.5 Å². The third kappa shape index (κ3) is 3.25. The van der Waals surface area contributed by atoms with Crippen LogP contribution in [0.3, 0.4) is 0 Å². The molecular formula is C14H14N2O2S2. The molecule has 2 rings (SSSR count). The van der Waals surface area contributed by atoms with Crippen molar-refractivity contribution in [2.24, 2.45) is 0 Å². The summed E-state index contributed by atoms with van der Waals surface area (Å²) < 4.78 is 0. The van der Waals surface area contributed by atoms with Crippen LogP contribution in [0.1, 0.15) is 32.7 Å². The van der Waals surface area contributed by atoms with E-state index in [0.717, 1.165) is 17.0 Å². The van der Waals surface area contributed by atoms with E-state index in [1.807, 2.05) is 13.8 Å². The van der Waals surface area contributed by atoms with E-state index in [0.29, 0.717) is 15.6 Å². The standard InChI is InChI=1S/C14H14N2O2S2/c1-3-11-9(2)20-14(15-11)16-13(18)12-10(5-4-7-17)6-8-19-12/h6,8,17H,3,7H2,1-2H3,(H,15,16,18). The van der Waals surface area contributed by atoms with Crippen LogP contribution in [0.2, 0.25) is 0 Å². The highest BCUT2D eigenvalue weighted by Crippen LogP contribution is 2.24. The Hall–Kier alpha value is -1.68. The monoisotopic (exact) mass is 306 g/mol. The van der Waals surface area contributed by atoms with Gasteiger partial charge in [0.05, 0.1) is 5.69 Å². The predicted molar refractivity (Wildman–Crippen MR) is 82.5 cm³/mol. The second-order valence-corrected chi connectivity index (χ2v) is 6.07. The minimum absolute atomic E-state index is 0.210. The van der Waals surface area contributed by atoms with Crippen molar-refractivity contribution >= 4 is 33.7 Å². The summed E-state index contributed by atoms with van der Waals surface area (Å²) >= 11 is 2.80. The largest absolute Gasteiger partial charge is 0.384 e. The van der Waals surface area contributed by atoms with Crippen LogP contribution in [0.4, 0.5) is 5.13 Å². The normalized spacial score (nSPS) is 9.95. The van der Waals surface area contributed by atoms with Crippen molar-refractivity contribution < 1.29 is 9.90 Å². The minimum atomic E-state index is -0.220. The van der Waals surface area contributed by atoms with E-state index in [2.05, 4.69) is 22.1 Å². The number of amides is 1. The summed E-state index contributed by atoms with van der Waals surface area (Å²) in [7, 11) is 0. The Morgan fingerprint density at radius 2 is 2.35 bits per heavy atom. The molecule has 0 spiro atoms. The third-order valence-corrected chi connectivity index (χ3v) is 4.46. The number of anilines is 1. The van der Waals surface area contributed by atoms with Crippen molar-refractivity contribution in [1.82, 2.24) is 4.98 Å². The number of carbonyl (C=O) groups is 1. The zero-order valence-corrected chi connectivity index (χ0v) is 12.8. The molecule has 0 atom stereocenters. The molecule has 2 aromatic heterocycles. The number of aliphatic hydroxyl groups is 1. The lowest BCUT2D eigenvalue weighted by Gasteiger charge is -1.99. The van der Waals surface area contributed by atoms with Gasteiger partial charge in [0.15, 0.2) is 5.13 Å². The summed E-state index contributed by atoms with van der Waals surface area (Å²) in [6.07, 6.45) is 0.852. The predicted octanol–water partition coefficient (Wildman–Crippen LogP) is 2.67. The van der Waals surface area contributed by atoms with Crippen LogP contribution in [0.5, 0.6) is 0 Å². The Labute approximate surface area is 125 Å². The molecule has 0 aliphatic carbocycles. The molecule has 4 nitrogen and oxygen atoms in total. The van der Waals surface area contributed by atoms with Crippen molar-refractivity contribution in [1.29, 1.82) is 0 Å². The van der Waals surface area contributed by atoms with Crippen LogP contribution in [0.25, 0.3) is 0 Å². The molecule has 0 unspecified atom stereocenters. The topological polar surface area (TPSA) is 62.2 Å². The smallest absolute Gasteiger partial charge is 0.268 e. The number of aromatic nitrogens is 1. The van der Waals surface area contributed by atoms with Gasteiger partial charge in [0.2, 0.25) is 0 Å². The van der Waals surface area contributed by atoms with Crippen molar-refractivity contribution in [3.8, 4) is 11.8 Å². The molecule has 0 aliphatic heterocycles. The second-order valence-electron chi connectivity index (χ2n) is 3.95. The molecule has 0 fully saturated rings. The zero-order chi connectivity index (χ0) is 14.5. The van der Waals surface area contributed by atoms with Gasteiger partial charge in [-0.05, 0) is 24.8 Å². The van der Waals surface area contributed by atoms with Crippen LogP contribution in [0.15, 0.2) is 11.4 Å². The van der Waals surface area contributed by atoms with E-state index in [1.165, 1.54) is 22.7 Å². The molecule has 0 saturated heterocycles. The Bertz CT molecular complexity index is 677. The van der Waals surface area contributed by atoms with Crippen LogP contribution < -0.4 is 5.32 Å². The van der Waals surface area contributed by atoms with E-state index in [-0.39, 0.29) is 12.5 Å². The van der Waals surface area contributed by atoms with Crippen molar-refractivity contribution in [2.45, 2.75) is 20.3 Å². The molecule has 20 heavy (non-hydrogen) atoms. The molecule has 2 aromatic rings. The third-order valence-electron chi connectivity index (χ3n) is 2.62.